The zero-order valence-electron chi connectivity index (χ0n) is 10.2. The second kappa shape index (κ2) is 6.58. The van der Waals surface area contributed by atoms with Crippen LogP contribution in [0.4, 0.5) is 4.39 Å². The summed E-state index contributed by atoms with van der Waals surface area (Å²) in [6.07, 6.45) is 0. The fraction of sp³-hybridized carbons (Fsp3) is 0.333. The van der Waals surface area contributed by atoms with Crippen molar-refractivity contribution in [2.45, 2.75) is 0 Å². The Morgan fingerprint density at radius 2 is 1.89 bits per heavy atom. The average Bonchev–Trinajstić information content (AvgIpc) is 2.37. The van der Waals surface area contributed by atoms with Crippen LogP contribution in [0.2, 0.25) is 0 Å². The van der Waals surface area contributed by atoms with Gasteiger partial charge in [0.05, 0.1) is 7.11 Å². The van der Waals surface area contributed by atoms with Crippen molar-refractivity contribution in [2.75, 3.05) is 27.3 Å². The summed E-state index contributed by atoms with van der Waals surface area (Å²) in [5.74, 6) is -0.870. The quantitative estimate of drug-likeness (QED) is 0.731. The molecule has 0 spiro atoms. The molecule has 0 atom stereocenters. The molecular weight excluding hydrogens is 241 g/mol. The Hall–Kier alpha value is -2.11. The number of likely N-dealkylation sites (N-methyl/N-ethyl adjacent to an activating group) is 1. The molecule has 0 saturated carbocycles. The fourth-order valence-electron chi connectivity index (χ4n) is 1.13. The van der Waals surface area contributed by atoms with Crippen LogP contribution in [0.15, 0.2) is 24.3 Å². The van der Waals surface area contributed by atoms with Crippen LogP contribution in [0.5, 0.6) is 5.75 Å². The summed E-state index contributed by atoms with van der Waals surface area (Å²) in [4.78, 5) is 23.7. The van der Waals surface area contributed by atoms with Gasteiger partial charge in [-0.25, -0.2) is 4.39 Å². The van der Waals surface area contributed by atoms with E-state index < -0.39 is 5.97 Å². The van der Waals surface area contributed by atoms with Crippen LogP contribution in [0.1, 0.15) is 0 Å². The lowest BCUT2D eigenvalue weighted by Crippen LogP contribution is -2.35. The van der Waals surface area contributed by atoms with Crippen molar-refractivity contribution in [2.24, 2.45) is 0 Å². The Balaban J connectivity index is 2.41. The lowest BCUT2D eigenvalue weighted by atomic mass is 10.3. The molecule has 0 aromatic heterocycles. The molecule has 98 valence electrons. The number of esters is 1. The summed E-state index contributed by atoms with van der Waals surface area (Å²) in [5.41, 5.74) is 0. The Morgan fingerprint density at radius 3 is 2.44 bits per heavy atom. The van der Waals surface area contributed by atoms with E-state index in [4.69, 9.17) is 4.74 Å². The second-order valence-electron chi connectivity index (χ2n) is 3.57. The van der Waals surface area contributed by atoms with E-state index >= 15 is 0 Å². The van der Waals surface area contributed by atoms with E-state index in [1.165, 1.54) is 43.3 Å². The maximum atomic E-state index is 12.6. The van der Waals surface area contributed by atoms with Crippen molar-refractivity contribution in [1.82, 2.24) is 4.90 Å². The molecule has 6 heteroatoms. The number of carbonyl (C=O) groups excluding carboxylic acids is 2. The minimum atomic E-state index is -0.507. The molecule has 0 unspecified atom stereocenters. The molecule has 18 heavy (non-hydrogen) atoms. The van der Waals surface area contributed by atoms with Gasteiger partial charge in [0.2, 0.25) is 0 Å². The molecule has 1 aromatic carbocycles. The smallest absolute Gasteiger partial charge is 0.325 e. The maximum Gasteiger partial charge on any atom is 0.325 e. The first-order valence-corrected chi connectivity index (χ1v) is 5.22. The van der Waals surface area contributed by atoms with E-state index in [9.17, 15) is 14.0 Å². The van der Waals surface area contributed by atoms with Crippen molar-refractivity contribution < 1.29 is 23.5 Å². The third-order valence-corrected chi connectivity index (χ3v) is 2.20. The largest absolute Gasteiger partial charge is 0.484 e. The first kappa shape index (κ1) is 14.0. The highest BCUT2D eigenvalue weighted by molar-refractivity contribution is 5.82. The molecule has 1 rings (SSSR count). The number of benzene rings is 1. The highest BCUT2D eigenvalue weighted by Crippen LogP contribution is 2.10. The minimum Gasteiger partial charge on any atom is -0.484 e. The number of hydrogen-bond acceptors (Lipinski definition) is 4. The molecular formula is C12H14FNO4. The van der Waals surface area contributed by atoms with Gasteiger partial charge in [0, 0.05) is 7.05 Å². The second-order valence-corrected chi connectivity index (χ2v) is 3.57. The lowest BCUT2D eigenvalue weighted by Gasteiger charge is -2.15. The molecule has 0 aliphatic carbocycles. The SMILES string of the molecule is COC(=O)CN(C)C(=O)COc1ccc(F)cc1. The molecule has 0 heterocycles. The van der Waals surface area contributed by atoms with Gasteiger partial charge in [-0.05, 0) is 24.3 Å². The first-order chi connectivity index (χ1) is 8.52. The summed E-state index contributed by atoms with van der Waals surface area (Å²) in [7, 11) is 2.71. The van der Waals surface area contributed by atoms with Crippen LogP contribution in [0, 0.1) is 5.82 Å². The van der Waals surface area contributed by atoms with Gasteiger partial charge in [0.25, 0.3) is 5.91 Å². The molecule has 1 aromatic rings. The van der Waals surface area contributed by atoms with E-state index in [1.54, 1.807) is 0 Å². The van der Waals surface area contributed by atoms with E-state index in [2.05, 4.69) is 4.74 Å². The number of carbonyl (C=O) groups is 2. The molecule has 0 fully saturated rings. The average molecular weight is 255 g/mol. The highest BCUT2D eigenvalue weighted by Gasteiger charge is 2.13. The number of halogens is 1. The Labute approximate surface area is 104 Å². The summed E-state index contributed by atoms with van der Waals surface area (Å²) in [5, 5.41) is 0. The van der Waals surface area contributed by atoms with Gasteiger partial charge in [0.15, 0.2) is 6.61 Å². The van der Waals surface area contributed by atoms with Crippen molar-refractivity contribution >= 4 is 11.9 Å². The highest BCUT2D eigenvalue weighted by atomic mass is 19.1. The van der Waals surface area contributed by atoms with Crippen molar-refractivity contribution in [1.29, 1.82) is 0 Å². The number of nitrogens with zero attached hydrogens (tertiary/aromatic N) is 1. The minimum absolute atomic E-state index is 0.137. The molecule has 0 aliphatic rings. The van der Waals surface area contributed by atoms with Gasteiger partial charge in [-0.2, -0.15) is 0 Å². The van der Waals surface area contributed by atoms with E-state index in [-0.39, 0.29) is 24.9 Å². The van der Waals surface area contributed by atoms with E-state index in [1.807, 2.05) is 0 Å². The number of hydrogen-bond donors (Lipinski definition) is 0. The summed E-state index contributed by atoms with van der Waals surface area (Å²) in [6.45, 7) is -0.360. The first-order valence-electron chi connectivity index (χ1n) is 5.22. The Morgan fingerprint density at radius 1 is 1.28 bits per heavy atom. The molecule has 1 amide bonds. The number of amides is 1. The number of ether oxygens (including phenoxy) is 2. The fourth-order valence-corrected chi connectivity index (χ4v) is 1.13. The van der Waals surface area contributed by atoms with Crippen LogP contribution in [-0.4, -0.2) is 44.1 Å². The molecule has 0 N–H and O–H groups in total. The standard InChI is InChI=1S/C12H14FNO4/c1-14(7-12(16)17-2)11(15)8-18-10-5-3-9(13)4-6-10/h3-6H,7-8H2,1-2H3. The van der Waals surface area contributed by atoms with E-state index in [0.29, 0.717) is 5.75 Å². The van der Waals surface area contributed by atoms with Gasteiger partial charge in [0.1, 0.15) is 18.1 Å². The van der Waals surface area contributed by atoms with Gasteiger partial charge in [-0.1, -0.05) is 0 Å². The van der Waals surface area contributed by atoms with Crippen molar-refractivity contribution in [3.05, 3.63) is 30.1 Å². The normalized spacial score (nSPS) is 9.72. The summed E-state index contributed by atoms with van der Waals surface area (Å²) in [6, 6.07) is 5.31. The third-order valence-electron chi connectivity index (χ3n) is 2.20. The van der Waals surface area contributed by atoms with Crippen LogP contribution in [0.3, 0.4) is 0 Å². The topological polar surface area (TPSA) is 55.8 Å². The third kappa shape index (κ3) is 4.40. The predicted molar refractivity (Wildman–Crippen MR) is 61.5 cm³/mol. The van der Waals surface area contributed by atoms with Crippen molar-refractivity contribution in [3.8, 4) is 5.75 Å². The van der Waals surface area contributed by atoms with Crippen LogP contribution in [0.25, 0.3) is 0 Å². The zero-order chi connectivity index (χ0) is 13.5. The number of methoxy groups -OCH3 is 1. The molecule has 0 aliphatic heterocycles. The summed E-state index contributed by atoms with van der Waals surface area (Å²) < 4.78 is 22.2. The van der Waals surface area contributed by atoms with Gasteiger partial charge in [-0.3, -0.25) is 9.59 Å². The summed E-state index contributed by atoms with van der Waals surface area (Å²) >= 11 is 0. The number of rotatable bonds is 5. The lowest BCUT2D eigenvalue weighted by molar-refractivity contribution is -0.146. The van der Waals surface area contributed by atoms with Crippen LogP contribution < -0.4 is 4.74 Å². The van der Waals surface area contributed by atoms with Crippen LogP contribution >= 0.6 is 0 Å². The predicted octanol–water partition coefficient (Wildman–Crippen LogP) is 0.836. The molecule has 0 saturated heterocycles. The monoisotopic (exact) mass is 255 g/mol. The molecule has 5 nitrogen and oxygen atoms in total. The molecule has 0 radical (unpaired) electrons. The zero-order valence-corrected chi connectivity index (χ0v) is 10.2. The van der Waals surface area contributed by atoms with Crippen molar-refractivity contribution in [3.63, 3.8) is 0 Å². The van der Waals surface area contributed by atoms with E-state index in [0.717, 1.165) is 0 Å². The van der Waals surface area contributed by atoms with Crippen LogP contribution in [-0.2, 0) is 14.3 Å². The Kier molecular flexibility index (Phi) is 5.10. The maximum absolute atomic E-state index is 12.6. The van der Waals surface area contributed by atoms with Gasteiger partial charge in [-0.15, -0.1) is 0 Å². The van der Waals surface area contributed by atoms with Gasteiger partial charge < -0.3 is 14.4 Å². The Bertz CT molecular complexity index is 419. The van der Waals surface area contributed by atoms with Gasteiger partial charge >= 0.3 is 5.97 Å². The molecule has 0 bridgehead atoms.